The van der Waals surface area contributed by atoms with Crippen LogP contribution in [0.4, 0.5) is 0 Å². The lowest BCUT2D eigenvalue weighted by molar-refractivity contribution is 0.793. The van der Waals surface area contributed by atoms with Crippen LogP contribution in [-0.2, 0) is 11.8 Å². The zero-order valence-corrected chi connectivity index (χ0v) is 19.6. The largest absolute Gasteiger partial charge is 0.256 e. The van der Waals surface area contributed by atoms with Crippen molar-refractivity contribution in [3.05, 3.63) is 149 Å². The molecule has 1 unspecified atom stereocenters. The first-order valence-electron chi connectivity index (χ1n) is 12.7. The summed E-state index contributed by atoms with van der Waals surface area (Å²) in [4.78, 5) is 4.78. The van der Waals surface area contributed by atoms with Crippen molar-refractivity contribution in [3.63, 3.8) is 0 Å². The lowest BCUT2D eigenvalue weighted by Crippen LogP contribution is -2.26. The fourth-order valence-corrected chi connectivity index (χ4v) is 7.39. The van der Waals surface area contributed by atoms with Gasteiger partial charge in [0.05, 0.1) is 11.1 Å². The van der Waals surface area contributed by atoms with Gasteiger partial charge in [-0.05, 0) is 78.5 Å². The van der Waals surface area contributed by atoms with Crippen molar-refractivity contribution in [1.82, 2.24) is 4.98 Å². The molecule has 0 amide bonds. The topological polar surface area (TPSA) is 12.9 Å². The van der Waals surface area contributed by atoms with E-state index in [1.165, 1.54) is 72.0 Å². The third-order valence-electron chi connectivity index (χ3n) is 8.73. The molecule has 0 N–H and O–H groups in total. The number of hydrogen-bond acceptors (Lipinski definition) is 1. The van der Waals surface area contributed by atoms with Crippen LogP contribution in [0, 0.1) is 0 Å². The van der Waals surface area contributed by atoms with Gasteiger partial charge < -0.3 is 0 Å². The molecule has 1 aromatic heterocycles. The summed E-state index contributed by atoms with van der Waals surface area (Å²) < 4.78 is 0. The predicted octanol–water partition coefficient (Wildman–Crippen LogP) is 8.15. The summed E-state index contributed by atoms with van der Waals surface area (Å²) >= 11 is 0. The van der Waals surface area contributed by atoms with Crippen LogP contribution < -0.4 is 0 Å². The van der Waals surface area contributed by atoms with E-state index in [0.29, 0.717) is 0 Å². The highest BCUT2D eigenvalue weighted by atomic mass is 14.7. The highest BCUT2D eigenvalue weighted by molar-refractivity contribution is 6.06. The smallest absolute Gasteiger partial charge is 0.0740 e. The van der Waals surface area contributed by atoms with Crippen LogP contribution in [0.2, 0.25) is 0 Å². The summed E-state index contributed by atoms with van der Waals surface area (Å²) in [5.74, 6) is 0. The summed E-state index contributed by atoms with van der Waals surface area (Å²) in [7, 11) is 0. The molecule has 0 fully saturated rings. The molecule has 0 saturated carbocycles. The molecule has 0 saturated heterocycles. The number of fused-ring (bicyclic) bond motifs is 15. The molecule has 36 heavy (non-hydrogen) atoms. The monoisotopic (exact) mass is 455 g/mol. The Bertz CT molecular complexity index is 1930. The Hall–Kier alpha value is -4.49. The van der Waals surface area contributed by atoms with E-state index in [-0.39, 0.29) is 5.41 Å². The molecule has 0 radical (unpaired) electrons. The van der Waals surface area contributed by atoms with Crippen molar-refractivity contribution < 1.29 is 0 Å². The summed E-state index contributed by atoms with van der Waals surface area (Å²) in [5.41, 5.74) is 15.9. The van der Waals surface area contributed by atoms with Gasteiger partial charge >= 0.3 is 0 Å². The Morgan fingerprint density at radius 2 is 1.31 bits per heavy atom. The van der Waals surface area contributed by atoms with Gasteiger partial charge in [0.25, 0.3) is 0 Å². The first-order valence-corrected chi connectivity index (χ1v) is 12.7. The Kier molecular flexibility index (Phi) is 3.33. The first-order chi connectivity index (χ1) is 17.9. The number of rotatable bonds is 0. The van der Waals surface area contributed by atoms with Crippen molar-refractivity contribution in [2.24, 2.45) is 0 Å². The highest BCUT2D eigenvalue weighted by Crippen LogP contribution is 2.64. The van der Waals surface area contributed by atoms with E-state index in [1.54, 1.807) is 0 Å². The minimum absolute atomic E-state index is 0.306. The highest BCUT2D eigenvalue weighted by Gasteiger charge is 2.52. The SMILES string of the molecule is c1cnc2c(c1)Cc1cc3c(cc1-2)-c1ccccc1C31c2ccccc2-c2c1ccc1ccccc21. The molecule has 1 nitrogen and oxygen atoms in total. The second-order valence-corrected chi connectivity index (χ2v) is 10.3. The lowest BCUT2D eigenvalue weighted by Gasteiger charge is -2.31. The van der Waals surface area contributed by atoms with Gasteiger partial charge in [0.15, 0.2) is 0 Å². The number of pyridine rings is 1. The molecule has 1 heterocycles. The van der Waals surface area contributed by atoms with E-state index in [9.17, 15) is 0 Å². The predicted molar refractivity (Wildman–Crippen MR) is 146 cm³/mol. The number of nitrogens with zero attached hydrogens (tertiary/aromatic N) is 1. The molecule has 1 heteroatoms. The number of hydrogen-bond donors (Lipinski definition) is 0. The van der Waals surface area contributed by atoms with Gasteiger partial charge in [0, 0.05) is 18.2 Å². The second kappa shape index (κ2) is 6.38. The van der Waals surface area contributed by atoms with E-state index >= 15 is 0 Å². The van der Waals surface area contributed by atoms with Crippen molar-refractivity contribution >= 4 is 10.8 Å². The van der Waals surface area contributed by atoms with Crippen molar-refractivity contribution in [2.45, 2.75) is 11.8 Å². The van der Waals surface area contributed by atoms with Crippen molar-refractivity contribution in [1.29, 1.82) is 0 Å². The number of benzene rings is 5. The molecular weight excluding hydrogens is 434 g/mol. The van der Waals surface area contributed by atoms with Crippen LogP contribution in [0.25, 0.3) is 44.3 Å². The van der Waals surface area contributed by atoms with Crippen LogP contribution in [0.3, 0.4) is 0 Å². The fourth-order valence-electron chi connectivity index (χ4n) is 7.39. The number of aromatic nitrogens is 1. The first kappa shape index (κ1) is 18.8. The Morgan fingerprint density at radius 1 is 0.528 bits per heavy atom. The van der Waals surface area contributed by atoms with Gasteiger partial charge in [-0.2, -0.15) is 0 Å². The summed E-state index contributed by atoms with van der Waals surface area (Å²) in [6, 6.07) is 40.9. The van der Waals surface area contributed by atoms with E-state index in [1.807, 2.05) is 6.20 Å². The van der Waals surface area contributed by atoms with Crippen molar-refractivity contribution in [3.8, 4) is 33.5 Å². The van der Waals surface area contributed by atoms with E-state index < -0.39 is 0 Å². The minimum atomic E-state index is -0.306. The van der Waals surface area contributed by atoms with Gasteiger partial charge in [-0.3, -0.25) is 4.98 Å². The minimum Gasteiger partial charge on any atom is -0.256 e. The second-order valence-electron chi connectivity index (χ2n) is 10.3. The Morgan fingerprint density at radius 3 is 2.22 bits per heavy atom. The molecule has 9 rings (SSSR count). The summed E-state index contributed by atoms with van der Waals surface area (Å²) in [6.07, 6.45) is 2.87. The zero-order valence-electron chi connectivity index (χ0n) is 19.6. The van der Waals surface area contributed by atoms with Crippen LogP contribution in [0.15, 0.2) is 115 Å². The quantitative estimate of drug-likeness (QED) is 0.225. The summed E-state index contributed by atoms with van der Waals surface area (Å²) in [5, 5.41) is 2.63. The third kappa shape index (κ3) is 2.04. The van der Waals surface area contributed by atoms with Crippen LogP contribution in [-0.4, -0.2) is 4.98 Å². The molecule has 0 bridgehead atoms. The maximum Gasteiger partial charge on any atom is 0.0740 e. The van der Waals surface area contributed by atoms with Gasteiger partial charge in [0.1, 0.15) is 0 Å². The van der Waals surface area contributed by atoms with Gasteiger partial charge in [-0.15, -0.1) is 0 Å². The van der Waals surface area contributed by atoms with E-state index in [4.69, 9.17) is 4.98 Å². The average Bonchev–Trinajstić information content (AvgIpc) is 3.55. The molecule has 0 aliphatic heterocycles. The van der Waals surface area contributed by atoms with E-state index in [2.05, 4.69) is 109 Å². The fraction of sp³-hybridized carbons (Fsp3) is 0.0571. The molecule has 6 aromatic rings. The zero-order chi connectivity index (χ0) is 23.4. The molecule has 1 atom stereocenters. The standard InChI is InChI=1S/C35H21N/c1-2-10-24-21(8-1)15-16-31-33(24)26-12-4-6-14-30(26)35(31)29-13-5-3-11-25(29)28-20-27-23(19-32(28)35)18-22-9-7-17-36-34(22)27/h1-17,19-20H,18H2. The average molecular weight is 456 g/mol. The third-order valence-corrected chi connectivity index (χ3v) is 8.73. The lowest BCUT2D eigenvalue weighted by atomic mass is 9.70. The molecule has 5 aromatic carbocycles. The van der Waals surface area contributed by atoms with Crippen LogP contribution in [0.5, 0.6) is 0 Å². The van der Waals surface area contributed by atoms with Crippen molar-refractivity contribution in [2.75, 3.05) is 0 Å². The maximum atomic E-state index is 4.78. The van der Waals surface area contributed by atoms with Gasteiger partial charge in [-0.1, -0.05) is 97.1 Å². The molecule has 3 aliphatic carbocycles. The van der Waals surface area contributed by atoms with Crippen LogP contribution >= 0.6 is 0 Å². The molecular formula is C35H21N. The Labute approximate surface area is 209 Å². The van der Waals surface area contributed by atoms with Gasteiger partial charge in [-0.25, -0.2) is 0 Å². The molecule has 3 aliphatic rings. The molecule has 166 valence electrons. The maximum absolute atomic E-state index is 4.78. The van der Waals surface area contributed by atoms with Gasteiger partial charge in [0.2, 0.25) is 0 Å². The summed E-state index contributed by atoms with van der Waals surface area (Å²) in [6.45, 7) is 0. The Balaban J connectivity index is 1.46. The van der Waals surface area contributed by atoms with Crippen LogP contribution in [0.1, 0.15) is 33.4 Å². The normalized spacial score (nSPS) is 17.4. The van der Waals surface area contributed by atoms with E-state index in [0.717, 1.165) is 12.1 Å². The molecule has 1 spiro atoms.